The number of carbonyl (C=O) groups is 1. The maximum atomic E-state index is 12.0. The minimum atomic E-state index is -0.799. The second-order valence-corrected chi connectivity index (χ2v) is 5.47. The van der Waals surface area contributed by atoms with Crippen LogP contribution in [0.15, 0.2) is 5.16 Å². The summed E-state index contributed by atoms with van der Waals surface area (Å²) in [5.41, 5.74) is 4.81. The fourth-order valence-corrected chi connectivity index (χ4v) is 2.05. The van der Waals surface area contributed by atoms with Gasteiger partial charge in [-0.15, -0.1) is 0 Å². The van der Waals surface area contributed by atoms with E-state index in [1.807, 2.05) is 0 Å². The molecule has 0 radical (unpaired) electrons. The normalized spacial score (nSPS) is 18.2. The number of amidine groups is 1. The lowest BCUT2D eigenvalue weighted by Crippen LogP contribution is -2.54. The van der Waals surface area contributed by atoms with Gasteiger partial charge in [-0.3, -0.25) is 4.79 Å². The summed E-state index contributed by atoms with van der Waals surface area (Å²) in [4.78, 5) is 12.0. The number of oxime groups is 1. The van der Waals surface area contributed by atoms with Crippen LogP contribution in [0.3, 0.4) is 0 Å². The Kier molecular flexibility index (Phi) is 6.08. The molecule has 1 aliphatic rings. The molecule has 0 aliphatic heterocycles. The van der Waals surface area contributed by atoms with Gasteiger partial charge in [0.15, 0.2) is 5.84 Å². The molecule has 19 heavy (non-hydrogen) atoms. The zero-order valence-corrected chi connectivity index (χ0v) is 11.8. The number of rotatable bonds is 8. The number of nitrogens with zero attached hydrogens (tertiary/aromatic N) is 1. The lowest BCUT2D eigenvalue weighted by atomic mass is 9.67. The zero-order valence-electron chi connectivity index (χ0n) is 11.8. The van der Waals surface area contributed by atoms with E-state index in [0.717, 1.165) is 12.8 Å². The van der Waals surface area contributed by atoms with Crippen molar-refractivity contribution in [1.82, 2.24) is 5.32 Å². The molecule has 0 heterocycles. The van der Waals surface area contributed by atoms with Crippen LogP contribution in [0.5, 0.6) is 0 Å². The summed E-state index contributed by atoms with van der Waals surface area (Å²) in [6.07, 6.45) is 3.22. The van der Waals surface area contributed by atoms with Gasteiger partial charge in [-0.25, -0.2) is 0 Å². The van der Waals surface area contributed by atoms with Crippen LogP contribution in [-0.2, 0) is 9.53 Å². The second kappa shape index (κ2) is 7.33. The van der Waals surface area contributed by atoms with E-state index in [1.54, 1.807) is 0 Å². The summed E-state index contributed by atoms with van der Waals surface area (Å²) < 4.78 is 5.42. The van der Waals surface area contributed by atoms with Crippen molar-refractivity contribution in [3.8, 4) is 0 Å². The van der Waals surface area contributed by atoms with E-state index in [4.69, 9.17) is 15.7 Å². The molecule has 0 unspecified atom stereocenters. The number of amides is 1. The Bertz CT molecular complexity index is 325. The largest absolute Gasteiger partial charge is 0.409 e. The Balaban J connectivity index is 2.24. The Morgan fingerprint density at radius 1 is 1.47 bits per heavy atom. The van der Waals surface area contributed by atoms with E-state index in [0.29, 0.717) is 38.5 Å². The van der Waals surface area contributed by atoms with Gasteiger partial charge in [0.25, 0.3) is 0 Å². The average molecular weight is 271 g/mol. The third-order valence-electron chi connectivity index (χ3n) is 3.61. The molecule has 1 amide bonds. The van der Waals surface area contributed by atoms with Crippen molar-refractivity contribution >= 4 is 11.7 Å². The average Bonchev–Trinajstić information content (AvgIpc) is 2.31. The predicted molar refractivity (Wildman–Crippen MR) is 73.0 cm³/mol. The van der Waals surface area contributed by atoms with Crippen molar-refractivity contribution in [1.29, 1.82) is 0 Å². The molecule has 0 atom stereocenters. The quantitative estimate of drug-likeness (QED) is 0.202. The fraction of sp³-hybridized carbons (Fsp3) is 0.846. The first-order chi connectivity index (χ1) is 9.03. The molecule has 0 saturated heterocycles. The highest BCUT2D eigenvalue weighted by Crippen LogP contribution is 2.41. The van der Waals surface area contributed by atoms with Crippen LogP contribution in [-0.4, -0.2) is 36.7 Å². The molecular weight excluding hydrogens is 246 g/mol. The van der Waals surface area contributed by atoms with Gasteiger partial charge in [0.1, 0.15) is 5.41 Å². The van der Waals surface area contributed by atoms with Crippen LogP contribution < -0.4 is 11.1 Å². The minimum Gasteiger partial charge on any atom is -0.409 e. The van der Waals surface area contributed by atoms with Crippen LogP contribution in [0, 0.1) is 11.3 Å². The van der Waals surface area contributed by atoms with Gasteiger partial charge in [0, 0.05) is 13.2 Å². The van der Waals surface area contributed by atoms with E-state index >= 15 is 0 Å². The molecule has 0 aromatic rings. The third-order valence-corrected chi connectivity index (χ3v) is 3.61. The number of hydrogen-bond donors (Lipinski definition) is 3. The lowest BCUT2D eigenvalue weighted by Gasteiger charge is -2.38. The molecule has 110 valence electrons. The van der Waals surface area contributed by atoms with Gasteiger partial charge in [-0.2, -0.15) is 0 Å². The van der Waals surface area contributed by atoms with E-state index in [9.17, 15) is 4.79 Å². The van der Waals surface area contributed by atoms with E-state index in [-0.39, 0.29) is 11.7 Å². The maximum Gasteiger partial charge on any atom is 0.234 e. The third kappa shape index (κ3) is 4.09. The summed E-state index contributed by atoms with van der Waals surface area (Å²) in [6, 6.07) is 0. The minimum absolute atomic E-state index is 0.0111. The number of nitrogens with one attached hydrogen (secondary N) is 1. The van der Waals surface area contributed by atoms with Crippen LogP contribution >= 0.6 is 0 Å². The molecular formula is C13H25N3O3. The van der Waals surface area contributed by atoms with Crippen LogP contribution in [0.2, 0.25) is 0 Å². The molecule has 4 N–H and O–H groups in total. The molecule has 6 heteroatoms. The van der Waals surface area contributed by atoms with E-state index in [2.05, 4.69) is 24.3 Å². The predicted octanol–water partition coefficient (Wildman–Crippen LogP) is 1.08. The first-order valence-corrected chi connectivity index (χ1v) is 6.87. The van der Waals surface area contributed by atoms with Crippen molar-refractivity contribution in [3.05, 3.63) is 0 Å². The van der Waals surface area contributed by atoms with E-state index < -0.39 is 5.41 Å². The monoisotopic (exact) mass is 271 g/mol. The van der Waals surface area contributed by atoms with Gasteiger partial charge in [-0.05, 0) is 25.2 Å². The summed E-state index contributed by atoms with van der Waals surface area (Å²) in [6.45, 7) is 5.94. The van der Waals surface area contributed by atoms with E-state index in [1.165, 1.54) is 0 Å². The van der Waals surface area contributed by atoms with Gasteiger partial charge in [0.05, 0.1) is 6.61 Å². The molecule has 1 fully saturated rings. The molecule has 1 rings (SSSR count). The molecule has 0 bridgehead atoms. The van der Waals surface area contributed by atoms with Crippen LogP contribution in [0.4, 0.5) is 0 Å². The van der Waals surface area contributed by atoms with Gasteiger partial charge in [-0.1, -0.05) is 25.4 Å². The van der Waals surface area contributed by atoms with Crippen LogP contribution in [0.1, 0.15) is 39.5 Å². The number of nitrogens with two attached hydrogens (primary N) is 1. The van der Waals surface area contributed by atoms with Gasteiger partial charge in [0.2, 0.25) is 5.91 Å². The number of hydrogen-bond acceptors (Lipinski definition) is 4. The Labute approximate surface area is 114 Å². The smallest absolute Gasteiger partial charge is 0.234 e. The van der Waals surface area contributed by atoms with Crippen molar-refractivity contribution in [2.45, 2.75) is 39.5 Å². The maximum absolute atomic E-state index is 12.0. The van der Waals surface area contributed by atoms with Crippen molar-refractivity contribution < 1.29 is 14.7 Å². The summed E-state index contributed by atoms with van der Waals surface area (Å²) in [7, 11) is 0. The fourth-order valence-electron chi connectivity index (χ4n) is 2.05. The highest BCUT2D eigenvalue weighted by atomic mass is 16.5. The molecule has 1 aliphatic carbocycles. The van der Waals surface area contributed by atoms with Gasteiger partial charge >= 0.3 is 0 Å². The zero-order chi connectivity index (χ0) is 14.3. The highest BCUT2D eigenvalue weighted by Gasteiger charge is 2.48. The Morgan fingerprint density at radius 3 is 2.63 bits per heavy atom. The highest BCUT2D eigenvalue weighted by molar-refractivity contribution is 6.07. The molecule has 0 spiro atoms. The van der Waals surface area contributed by atoms with Crippen molar-refractivity contribution in [2.75, 3.05) is 19.8 Å². The number of ether oxygens (including phenoxy) is 1. The second-order valence-electron chi connectivity index (χ2n) is 5.47. The van der Waals surface area contributed by atoms with Gasteiger partial charge < -0.3 is 21.0 Å². The Morgan fingerprint density at radius 2 is 2.16 bits per heavy atom. The summed E-state index contributed by atoms with van der Waals surface area (Å²) in [5, 5.41) is 14.5. The molecule has 0 aromatic carbocycles. The first kappa shape index (κ1) is 15.8. The molecule has 0 aromatic heterocycles. The molecule has 1 saturated carbocycles. The number of carbonyl (C=O) groups excluding carboxylic acids is 1. The van der Waals surface area contributed by atoms with Crippen molar-refractivity contribution in [2.24, 2.45) is 22.2 Å². The summed E-state index contributed by atoms with van der Waals surface area (Å²) >= 11 is 0. The Hall–Kier alpha value is -1.30. The standard InChI is InChI=1S/C13H25N3O3/c1-10(2)4-8-19-9-7-15-12(17)13(5-3-6-13)11(14)16-18/h10,18H,3-9H2,1-2H3,(H2,14,16)(H,15,17). The topological polar surface area (TPSA) is 96.9 Å². The van der Waals surface area contributed by atoms with Crippen LogP contribution in [0.25, 0.3) is 0 Å². The first-order valence-electron chi connectivity index (χ1n) is 6.87. The SMILES string of the molecule is CC(C)CCOCCNC(=O)C1(C(N)=NO)CCC1. The summed E-state index contributed by atoms with van der Waals surface area (Å²) in [5.74, 6) is 0.465. The van der Waals surface area contributed by atoms with Crippen molar-refractivity contribution in [3.63, 3.8) is 0 Å². The lowest BCUT2D eigenvalue weighted by molar-refractivity contribution is -0.131. The molecule has 6 nitrogen and oxygen atoms in total.